The topological polar surface area (TPSA) is 40.5 Å². The summed E-state index contributed by atoms with van der Waals surface area (Å²) in [5, 5.41) is 18.2. The lowest BCUT2D eigenvalue weighted by molar-refractivity contribution is 0.275. The fourth-order valence-electron chi connectivity index (χ4n) is 1.30. The van der Waals surface area contributed by atoms with Gasteiger partial charge >= 0.3 is 0 Å². The molecule has 72 valence electrons. The van der Waals surface area contributed by atoms with Crippen molar-refractivity contribution in [2.75, 3.05) is 0 Å². The maximum Gasteiger partial charge on any atom is 0.121 e. The Hall–Kier alpha value is -1.02. The number of hydrogen-bond donors (Lipinski definition) is 2. The van der Waals surface area contributed by atoms with Crippen LogP contribution in [0.5, 0.6) is 5.75 Å². The first kappa shape index (κ1) is 10.1. The van der Waals surface area contributed by atoms with Gasteiger partial charge in [0.05, 0.1) is 6.61 Å². The maximum absolute atomic E-state index is 9.30. The van der Waals surface area contributed by atoms with E-state index in [1.54, 1.807) is 6.07 Å². The molecule has 13 heavy (non-hydrogen) atoms. The molecule has 0 fully saturated rings. The second-order valence-corrected chi connectivity index (χ2v) is 3.22. The number of aryl methyl sites for hydroxylation is 1. The highest BCUT2D eigenvalue weighted by Gasteiger charge is 2.00. The molecule has 0 amide bonds. The molecule has 1 aromatic rings. The van der Waals surface area contributed by atoms with Gasteiger partial charge in [-0.3, -0.25) is 0 Å². The Morgan fingerprint density at radius 2 is 2.08 bits per heavy atom. The second kappa shape index (κ2) is 4.87. The van der Waals surface area contributed by atoms with Crippen molar-refractivity contribution >= 4 is 0 Å². The highest BCUT2D eigenvalue weighted by Crippen LogP contribution is 2.19. The van der Waals surface area contributed by atoms with Gasteiger partial charge in [0.25, 0.3) is 0 Å². The molecule has 0 aromatic heterocycles. The fourth-order valence-corrected chi connectivity index (χ4v) is 1.30. The monoisotopic (exact) mass is 180 g/mol. The van der Waals surface area contributed by atoms with Gasteiger partial charge < -0.3 is 10.2 Å². The van der Waals surface area contributed by atoms with Gasteiger partial charge in [-0.25, -0.2) is 0 Å². The van der Waals surface area contributed by atoms with E-state index >= 15 is 0 Å². The Kier molecular flexibility index (Phi) is 3.77. The summed E-state index contributed by atoms with van der Waals surface area (Å²) < 4.78 is 0. The zero-order valence-corrected chi connectivity index (χ0v) is 7.95. The Morgan fingerprint density at radius 1 is 1.31 bits per heavy atom. The van der Waals surface area contributed by atoms with Crippen molar-refractivity contribution in [2.45, 2.75) is 32.8 Å². The molecule has 0 saturated heterocycles. The van der Waals surface area contributed by atoms with E-state index in [0.717, 1.165) is 19.3 Å². The van der Waals surface area contributed by atoms with E-state index in [4.69, 9.17) is 5.11 Å². The number of benzene rings is 1. The minimum atomic E-state index is -0.0915. The molecule has 0 aliphatic heterocycles. The predicted molar refractivity (Wildman–Crippen MR) is 52.6 cm³/mol. The molecule has 0 unspecified atom stereocenters. The van der Waals surface area contributed by atoms with E-state index in [9.17, 15) is 5.11 Å². The molecular formula is C11H16O2. The number of aromatic hydroxyl groups is 1. The molecule has 2 nitrogen and oxygen atoms in total. The normalized spacial score (nSPS) is 10.3. The minimum Gasteiger partial charge on any atom is -0.508 e. The van der Waals surface area contributed by atoms with E-state index in [2.05, 4.69) is 6.92 Å². The highest BCUT2D eigenvalue weighted by atomic mass is 16.3. The lowest BCUT2D eigenvalue weighted by Gasteiger charge is -2.04. The van der Waals surface area contributed by atoms with Crippen molar-refractivity contribution in [3.63, 3.8) is 0 Å². The summed E-state index contributed by atoms with van der Waals surface area (Å²) in [6.45, 7) is 2.05. The lowest BCUT2D eigenvalue weighted by atomic mass is 10.1. The number of hydrogen-bond acceptors (Lipinski definition) is 2. The Labute approximate surface area is 78.8 Å². The summed E-state index contributed by atoms with van der Waals surface area (Å²) in [7, 11) is 0. The first-order valence-corrected chi connectivity index (χ1v) is 4.69. The summed E-state index contributed by atoms with van der Waals surface area (Å²) in [5.74, 6) is 0.183. The van der Waals surface area contributed by atoms with Crippen LogP contribution in [-0.4, -0.2) is 10.2 Å². The molecule has 0 saturated carbocycles. The van der Waals surface area contributed by atoms with Crippen molar-refractivity contribution in [2.24, 2.45) is 0 Å². The molecule has 2 N–H and O–H groups in total. The van der Waals surface area contributed by atoms with Crippen LogP contribution in [0.1, 0.15) is 30.9 Å². The SMILES string of the molecule is CCCCc1ccc(O)c(CO)c1. The van der Waals surface area contributed by atoms with Crippen LogP contribution in [0.2, 0.25) is 0 Å². The van der Waals surface area contributed by atoms with Crippen molar-refractivity contribution in [3.8, 4) is 5.75 Å². The van der Waals surface area contributed by atoms with Crippen molar-refractivity contribution in [1.29, 1.82) is 0 Å². The van der Waals surface area contributed by atoms with Crippen LogP contribution in [0.3, 0.4) is 0 Å². The number of aliphatic hydroxyl groups excluding tert-OH is 1. The van der Waals surface area contributed by atoms with Crippen molar-refractivity contribution in [3.05, 3.63) is 29.3 Å². The van der Waals surface area contributed by atoms with E-state index in [0.29, 0.717) is 5.56 Å². The molecule has 0 bridgehead atoms. The van der Waals surface area contributed by atoms with Gasteiger partial charge in [-0.15, -0.1) is 0 Å². The molecule has 0 radical (unpaired) electrons. The van der Waals surface area contributed by atoms with Gasteiger partial charge in [-0.05, 0) is 30.5 Å². The van der Waals surface area contributed by atoms with Gasteiger partial charge in [0.15, 0.2) is 0 Å². The Morgan fingerprint density at radius 3 is 2.69 bits per heavy atom. The van der Waals surface area contributed by atoms with Crippen LogP contribution in [0.4, 0.5) is 0 Å². The van der Waals surface area contributed by atoms with Gasteiger partial charge in [-0.2, -0.15) is 0 Å². The molecule has 1 aromatic carbocycles. The van der Waals surface area contributed by atoms with Gasteiger partial charge in [0.1, 0.15) is 5.75 Å². The summed E-state index contributed by atoms with van der Waals surface area (Å²) in [6, 6.07) is 5.42. The smallest absolute Gasteiger partial charge is 0.121 e. The second-order valence-electron chi connectivity index (χ2n) is 3.22. The third kappa shape index (κ3) is 2.74. The number of rotatable bonds is 4. The molecule has 0 spiro atoms. The Bertz CT molecular complexity index is 269. The molecule has 0 atom stereocenters. The quantitative estimate of drug-likeness (QED) is 0.746. The molecule has 1 rings (SSSR count). The zero-order valence-electron chi connectivity index (χ0n) is 7.95. The molecule has 0 aliphatic carbocycles. The molecule has 2 heteroatoms. The van der Waals surface area contributed by atoms with Crippen LogP contribution in [0.15, 0.2) is 18.2 Å². The summed E-state index contributed by atoms with van der Waals surface area (Å²) in [5.41, 5.74) is 1.80. The first-order valence-electron chi connectivity index (χ1n) is 4.69. The third-order valence-electron chi connectivity index (χ3n) is 2.13. The summed E-state index contributed by atoms with van der Waals surface area (Å²) in [6.07, 6.45) is 3.33. The standard InChI is InChI=1S/C11H16O2/c1-2-3-4-9-5-6-11(13)10(7-9)8-12/h5-7,12-13H,2-4,8H2,1H3. The van der Waals surface area contributed by atoms with Gasteiger partial charge in [0, 0.05) is 5.56 Å². The molecular weight excluding hydrogens is 164 g/mol. The van der Waals surface area contributed by atoms with Crippen LogP contribution >= 0.6 is 0 Å². The van der Waals surface area contributed by atoms with E-state index in [1.807, 2.05) is 12.1 Å². The van der Waals surface area contributed by atoms with E-state index < -0.39 is 0 Å². The minimum absolute atomic E-state index is 0.0915. The van der Waals surface area contributed by atoms with E-state index in [1.165, 1.54) is 5.56 Å². The average molecular weight is 180 g/mol. The highest BCUT2D eigenvalue weighted by molar-refractivity contribution is 5.35. The van der Waals surface area contributed by atoms with Crippen LogP contribution in [0, 0.1) is 0 Å². The molecule has 0 aliphatic rings. The lowest BCUT2D eigenvalue weighted by Crippen LogP contribution is -1.89. The van der Waals surface area contributed by atoms with Gasteiger partial charge in [-0.1, -0.05) is 19.4 Å². The zero-order chi connectivity index (χ0) is 9.68. The predicted octanol–water partition coefficient (Wildman–Crippen LogP) is 2.23. The van der Waals surface area contributed by atoms with Gasteiger partial charge in [0.2, 0.25) is 0 Å². The number of phenols is 1. The fraction of sp³-hybridized carbons (Fsp3) is 0.455. The van der Waals surface area contributed by atoms with Crippen LogP contribution in [-0.2, 0) is 13.0 Å². The summed E-state index contributed by atoms with van der Waals surface area (Å²) in [4.78, 5) is 0. The summed E-state index contributed by atoms with van der Waals surface area (Å²) >= 11 is 0. The first-order chi connectivity index (χ1) is 6.27. The number of unbranched alkanes of at least 4 members (excludes halogenated alkanes) is 1. The van der Waals surface area contributed by atoms with Crippen LogP contribution in [0.25, 0.3) is 0 Å². The Balaban J connectivity index is 2.74. The van der Waals surface area contributed by atoms with E-state index in [-0.39, 0.29) is 12.4 Å². The largest absolute Gasteiger partial charge is 0.508 e. The van der Waals surface area contributed by atoms with Crippen molar-refractivity contribution in [1.82, 2.24) is 0 Å². The van der Waals surface area contributed by atoms with Crippen molar-refractivity contribution < 1.29 is 10.2 Å². The molecule has 0 heterocycles. The maximum atomic E-state index is 9.30. The third-order valence-corrected chi connectivity index (χ3v) is 2.13. The van der Waals surface area contributed by atoms with Crippen LogP contribution < -0.4 is 0 Å². The number of aliphatic hydroxyl groups is 1. The average Bonchev–Trinajstić information content (AvgIpc) is 2.16.